The quantitative estimate of drug-likeness (QED) is 0.486. The Morgan fingerprint density at radius 1 is 0.960 bits per heavy atom. The Kier molecular flexibility index (Phi) is 3.86. The molecule has 0 saturated heterocycles. The second kappa shape index (κ2) is 6.18. The highest BCUT2D eigenvalue weighted by atomic mass is 32.1. The van der Waals surface area contributed by atoms with Crippen molar-refractivity contribution >= 4 is 33.1 Å². The Bertz CT molecular complexity index is 1050. The molecule has 0 aliphatic heterocycles. The summed E-state index contributed by atoms with van der Waals surface area (Å²) in [4.78, 5) is 9.80. The zero-order valence-corrected chi connectivity index (χ0v) is 14.8. The molecule has 4 rings (SSSR count). The predicted molar refractivity (Wildman–Crippen MR) is 104 cm³/mol. The number of phenolic OH excluding ortho intramolecular Hbond substituents is 1. The molecule has 0 fully saturated rings. The van der Waals surface area contributed by atoms with Crippen LogP contribution in [0.1, 0.15) is 11.1 Å². The van der Waals surface area contributed by atoms with E-state index in [1.54, 1.807) is 29.8 Å². The Labute approximate surface area is 149 Å². The number of benzene rings is 2. The van der Waals surface area contributed by atoms with Gasteiger partial charge in [0.2, 0.25) is 0 Å². The molecule has 5 heteroatoms. The van der Waals surface area contributed by atoms with Crippen LogP contribution >= 0.6 is 11.3 Å². The van der Waals surface area contributed by atoms with Crippen molar-refractivity contribution in [3.8, 4) is 16.9 Å². The Morgan fingerprint density at radius 2 is 1.76 bits per heavy atom. The Morgan fingerprint density at radius 3 is 2.52 bits per heavy atom. The number of hydrogen-bond acceptors (Lipinski definition) is 5. The van der Waals surface area contributed by atoms with E-state index in [4.69, 9.17) is 0 Å². The second-order valence-electron chi connectivity index (χ2n) is 6.02. The lowest BCUT2D eigenvalue weighted by Gasteiger charge is -2.09. The van der Waals surface area contributed by atoms with Gasteiger partial charge in [-0.1, -0.05) is 18.2 Å². The van der Waals surface area contributed by atoms with E-state index in [9.17, 15) is 5.11 Å². The van der Waals surface area contributed by atoms with Crippen LogP contribution in [0.4, 0.5) is 11.5 Å². The summed E-state index contributed by atoms with van der Waals surface area (Å²) in [6, 6.07) is 13.4. The van der Waals surface area contributed by atoms with Gasteiger partial charge >= 0.3 is 0 Å². The van der Waals surface area contributed by atoms with Gasteiger partial charge in [-0.25, -0.2) is 9.97 Å². The third kappa shape index (κ3) is 2.94. The zero-order valence-electron chi connectivity index (χ0n) is 13.9. The molecule has 0 amide bonds. The highest BCUT2D eigenvalue weighted by molar-refractivity contribution is 7.17. The van der Waals surface area contributed by atoms with Crippen LogP contribution in [0.5, 0.6) is 5.75 Å². The lowest BCUT2D eigenvalue weighted by Crippen LogP contribution is -1.95. The standard InChI is InChI=1S/C20H17N3OS/c1-12-3-4-14(9-13(12)2)17-10-25-20-18(17)19(21-11-22-20)23-15-5-7-16(24)8-6-15/h3-11,24H,1-2H3,(H,21,22,23). The minimum absolute atomic E-state index is 0.240. The van der Waals surface area contributed by atoms with Crippen LogP contribution in [0.25, 0.3) is 21.3 Å². The molecule has 4 aromatic rings. The molecule has 0 aliphatic rings. The van der Waals surface area contributed by atoms with Gasteiger partial charge in [0, 0.05) is 16.6 Å². The fourth-order valence-electron chi connectivity index (χ4n) is 2.77. The maximum Gasteiger partial charge on any atom is 0.143 e. The summed E-state index contributed by atoms with van der Waals surface area (Å²) in [7, 11) is 0. The average Bonchev–Trinajstić information content (AvgIpc) is 3.04. The SMILES string of the molecule is Cc1ccc(-c2csc3ncnc(Nc4ccc(O)cc4)c23)cc1C. The molecule has 2 heterocycles. The number of phenols is 1. The Balaban J connectivity index is 1.83. The van der Waals surface area contributed by atoms with Crippen molar-refractivity contribution in [3.05, 3.63) is 65.3 Å². The zero-order chi connectivity index (χ0) is 17.4. The number of aryl methyl sites for hydroxylation is 2. The van der Waals surface area contributed by atoms with Gasteiger partial charge in [-0.2, -0.15) is 0 Å². The first-order chi connectivity index (χ1) is 12.1. The molecule has 2 aromatic carbocycles. The third-order valence-electron chi connectivity index (χ3n) is 4.32. The predicted octanol–water partition coefficient (Wildman–Crippen LogP) is 5.42. The van der Waals surface area contributed by atoms with E-state index >= 15 is 0 Å². The van der Waals surface area contributed by atoms with Crippen molar-refractivity contribution in [1.82, 2.24) is 9.97 Å². The number of thiophene rings is 1. The molecule has 0 atom stereocenters. The first-order valence-corrected chi connectivity index (χ1v) is 8.85. The lowest BCUT2D eigenvalue weighted by molar-refractivity contribution is 0.475. The average molecular weight is 347 g/mol. The maximum absolute atomic E-state index is 9.45. The topological polar surface area (TPSA) is 58.0 Å². The van der Waals surface area contributed by atoms with Crippen LogP contribution in [0.15, 0.2) is 54.2 Å². The lowest BCUT2D eigenvalue weighted by atomic mass is 10.0. The van der Waals surface area contributed by atoms with Crippen LogP contribution in [0.2, 0.25) is 0 Å². The summed E-state index contributed by atoms with van der Waals surface area (Å²) in [6.45, 7) is 4.24. The molecule has 124 valence electrons. The molecule has 0 unspecified atom stereocenters. The van der Waals surface area contributed by atoms with E-state index in [1.165, 1.54) is 11.1 Å². The summed E-state index contributed by atoms with van der Waals surface area (Å²) in [5.41, 5.74) is 5.71. The summed E-state index contributed by atoms with van der Waals surface area (Å²) < 4.78 is 0. The summed E-state index contributed by atoms with van der Waals surface area (Å²) in [5.74, 6) is 1.01. The fourth-order valence-corrected chi connectivity index (χ4v) is 3.69. The van der Waals surface area contributed by atoms with Gasteiger partial charge in [0.05, 0.1) is 5.39 Å². The van der Waals surface area contributed by atoms with Gasteiger partial charge in [-0.15, -0.1) is 11.3 Å². The molecule has 2 N–H and O–H groups in total. The molecular weight excluding hydrogens is 330 g/mol. The molecule has 25 heavy (non-hydrogen) atoms. The summed E-state index contributed by atoms with van der Waals surface area (Å²) >= 11 is 1.61. The highest BCUT2D eigenvalue weighted by Crippen LogP contribution is 2.38. The largest absolute Gasteiger partial charge is 0.508 e. The van der Waals surface area contributed by atoms with Crippen molar-refractivity contribution < 1.29 is 5.11 Å². The van der Waals surface area contributed by atoms with Crippen LogP contribution in [0, 0.1) is 13.8 Å². The molecule has 2 aromatic heterocycles. The van der Waals surface area contributed by atoms with E-state index in [0.717, 1.165) is 32.8 Å². The number of fused-ring (bicyclic) bond motifs is 1. The number of nitrogens with one attached hydrogen (secondary N) is 1. The van der Waals surface area contributed by atoms with E-state index < -0.39 is 0 Å². The molecule has 0 saturated carbocycles. The summed E-state index contributed by atoms with van der Waals surface area (Å²) in [5, 5.41) is 15.9. The maximum atomic E-state index is 9.45. The fraction of sp³-hybridized carbons (Fsp3) is 0.100. The second-order valence-corrected chi connectivity index (χ2v) is 6.88. The summed E-state index contributed by atoms with van der Waals surface area (Å²) in [6.07, 6.45) is 1.58. The van der Waals surface area contributed by atoms with E-state index in [2.05, 4.69) is 52.7 Å². The van der Waals surface area contributed by atoms with Crippen LogP contribution in [-0.4, -0.2) is 15.1 Å². The van der Waals surface area contributed by atoms with Crippen LogP contribution < -0.4 is 5.32 Å². The van der Waals surface area contributed by atoms with Crippen molar-refractivity contribution in [2.45, 2.75) is 13.8 Å². The van der Waals surface area contributed by atoms with Crippen molar-refractivity contribution in [3.63, 3.8) is 0 Å². The molecule has 0 spiro atoms. The normalized spacial score (nSPS) is 11.0. The van der Waals surface area contributed by atoms with E-state index in [-0.39, 0.29) is 5.75 Å². The van der Waals surface area contributed by atoms with Crippen molar-refractivity contribution in [1.29, 1.82) is 0 Å². The third-order valence-corrected chi connectivity index (χ3v) is 5.20. The van der Waals surface area contributed by atoms with Gasteiger partial charge in [0.15, 0.2) is 0 Å². The molecular formula is C20H17N3OS. The highest BCUT2D eigenvalue weighted by Gasteiger charge is 2.13. The Hall–Kier alpha value is -2.92. The molecule has 0 radical (unpaired) electrons. The first-order valence-electron chi connectivity index (χ1n) is 7.98. The number of rotatable bonds is 3. The number of anilines is 2. The van der Waals surface area contributed by atoms with Gasteiger partial charge in [-0.05, 0) is 54.8 Å². The number of aromatic hydroxyl groups is 1. The minimum atomic E-state index is 0.240. The van der Waals surface area contributed by atoms with E-state index in [1.807, 2.05) is 12.1 Å². The number of nitrogens with zero attached hydrogens (tertiary/aromatic N) is 2. The smallest absolute Gasteiger partial charge is 0.143 e. The number of hydrogen-bond donors (Lipinski definition) is 2. The van der Waals surface area contributed by atoms with Crippen molar-refractivity contribution in [2.24, 2.45) is 0 Å². The molecule has 4 nitrogen and oxygen atoms in total. The van der Waals surface area contributed by atoms with Gasteiger partial charge < -0.3 is 10.4 Å². The van der Waals surface area contributed by atoms with Gasteiger partial charge in [-0.3, -0.25) is 0 Å². The monoisotopic (exact) mass is 347 g/mol. The van der Waals surface area contributed by atoms with Gasteiger partial charge in [0.1, 0.15) is 22.7 Å². The minimum Gasteiger partial charge on any atom is -0.508 e. The molecule has 0 aliphatic carbocycles. The molecule has 0 bridgehead atoms. The first kappa shape index (κ1) is 15.6. The van der Waals surface area contributed by atoms with Crippen LogP contribution in [-0.2, 0) is 0 Å². The van der Waals surface area contributed by atoms with Gasteiger partial charge in [0.25, 0.3) is 0 Å². The van der Waals surface area contributed by atoms with E-state index in [0.29, 0.717) is 0 Å². The van der Waals surface area contributed by atoms with Crippen LogP contribution in [0.3, 0.4) is 0 Å². The number of aromatic nitrogens is 2. The van der Waals surface area contributed by atoms with Crippen molar-refractivity contribution in [2.75, 3.05) is 5.32 Å².